The maximum absolute atomic E-state index is 13.0. The average Bonchev–Trinajstić information content (AvgIpc) is 2.80. The average molecular weight is 298 g/mol. The molecule has 0 radical (unpaired) electrons. The van der Waals surface area contributed by atoms with Crippen molar-refractivity contribution in [2.24, 2.45) is 0 Å². The Hall–Kier alpha value is -2.01. The minimum absolute atomic E-state index is 0.0693. The highest BCUT2D eigenvalue weighted by Crippen LogP contribution is 2.20. The third-order valence-electron chi connectivity index (χ3n) is 4.39. The summed E-state index contributed by atoms with van der Waals surface area (Å²) in [5.74, 6) is 0.0693. The molecular formula is C17H22N4O. The zero-order valence-electron chi connectivity index (χ0n) is 13.2. The molecule has 1 aliphatic rings. The van der Waals surface area contributed by atoms with E-state index in [0.29, 0.717) is 17.1 Å². The van der Waals surface area contributed by atoms with Gasteiger partial charge in [-0.15, -0.1) is 0 Å². The van der Waals surface area contributed by atoms with Crippen LogP contribution in [0.3, 0.4) is 0 Å². The van der Waals surface area contributed by atoms with Crippen LogP contribution in [0.25, 0.3) is 11.0 Å². The zero-order valence-corrected chi connectivity index (χ0v) is 13.2. The number of fused-ring (bicyclic) bond motifs is 1. The number of hydrogen-bond acceptors (Lipinski definition) is 4. The molecule has 1 aliphatic heterocycles. The first-order valence-corrected chi connectivity index (χ1v) is 7.82. The van der Waals surface area contributed by atoms with E-state index in [1.807, 2.05) is 23.1 Å². The minimum atomic E-state index is 0.0693. The lowest BCUT2D eigenvalue weighted by Gasteiger charge is -2.28. The van der Waals surface area contributed by atoms with E-state index in [9.17, 15) is 4.79 Å². The molecule has 0 spiro atoms. The van der Waals surface area contributed by atoms with E-state index in [-0.39, 0.29) is 5.91 Å². The number of hydrogen-bond donors (Lipinski definition) is 0. The molecule has 0 bridgehead atoms. The molecule has 3 rings (SSSR count). The lowest BCUT2D eigenvalue weighted by molar-refractivity contribution is 0.0727. The van der Waals surface area contributed by atoms with Gasteiger partial charge in [-0.1, -0.05) is 12.5 Å². The molecule has 1 aromatic carbocycles. The van der Waals surface area contributed by atoms with Gasteiger partial charge in [0.15, 0.2) is 0 Å². The topological polar surface area (TPSA) is 49.3 Å². The Kier molecular flexibility index (Phi) is 4.34. The fraction of sp³-hybridized carbons (Fsp3) is 0.471. The fourth-order valence-electron chi connectivity index (χ4n) is 3.06. The first kappa shape index (κ1) is 14.9. The number of para-hydroxylation sites is 1. The van der Waals surface area contributed by atoms with Crippen LogP contribution in [0.5, 0.6) is 0 Å². The van der Waals surface area contributed by atoms with Crippen LogP contribution in [0.15, 0.2) is 30.6 Å². The Morgan fingerprint density at radius 1 is 1.23 bits per heavy atom. The minimum Gasteiger partial charge on any atom is -0.337 e. The molecular weight excluding hydrogens is 276 g/mol. The van der Waals surface area contributed by atoms with Gasteiger partial charge < -0.3 is 9.80 Å². The van der Waals surface area contributed by atoms with Gasteiger partial charge in [0.2, 0.25) is 0 Å². The van der Waals surface area contributed by atoms with Crippen molar-refractivity contribution in [3.63, 3.8) is 0 Å². The molecule has 2 heterocycles. The molecule has 1 amide bonds. The zero-order chi connectivity index (χ0) is 15.5. The van der Waals surface area contributed by atoms with Gasteiger partial charge in [0.1, 0.15) is 5.52 Å². The van der Waals surface area contributed by atoms with Gasteiger partial charge in [-0.3, -0.25) is 14.8 Å². The number of carbonyl (C=O) groups excluding carboxylic acids is 1. The highest BCUT2D eigenvalue weighted by atomic mass is 16.2. The first-order valence-electron chi connectivity index (χ1n) is 7.82. The molecule has 0 N–H and O–H groups in total. The summed E-state index contributed by atoms with van der Waals surface area (Å²) >= 11 is 0. The maximum Gasteiger partial charge on any atom is 0.256 e. The second kappa shape index (κ2) is 6.40. The molecule has 0 saturated carbocycles. The first-order chi connectivity index (χ1) is 10.7. The number of likely N-dealkylation sites (tertiary alicyclic amines) is 1. The number of amides is 1. The van der Waals surface area contributed by atoms with Crippen molar-refractivity contribution >= 4 is 16.9 Å². The van der Waals surface area contributed by atoms with Crippen LogP contribution in [-0.2, 0) is 0 Å². The van der Waals surface area contributed by atoms with Crippen LogP contribution in [0, 0.1) is 0 Å². The van der Waals surface area contributed by atoms with E-state index in [1.54, 1.807) is 12.4 Å². The van der Waals surface area contributed by atoms with E-state index in [0.717, 1.165) is 31.4 Å². The summed E-state index contributed by atoms with van der Waals surface area (Å²) in [6, 6.07) is 6.05. The molecule has 5 nitrogen and oxygen atoms in total. The molecule has 116 valence electrons. The van der Waals surface area contributed by atoms with Gasteiger partial charge in [-0.2, -0.15) is 0 Å². The van der Waals surface area contributed by atoms with Crippen molar-refractivity contribution in [2.75, 3.05) is 27.2 Å². The van der Waals surface area contributed by atoms with Crippen LogP contribution in [-0.4, -0.2) is 58.9 Å². The van der Waals surface area contributed by atoms with Crippen LogP contribution in [0.1, 0.15) is 29.6 Å². The largest absolute Gasteiger partial charge is 0.337 e. The highest BCUT2D eigenvalue weighted by Gasteiger charge is 2.25. The van der Waals surface area contributed by atoms with Gasteiger partial charge in [0, 0.05) is 31.5 Å². The quantitative estimate of drug-likeness (QED) is 0.853. The van der Waals surface area contributed by atoms with Crippen molar-refractivity contribution in [1.29, 1.82) is 0 Å². The SMILES string of the molecule is CN(C)C1CCCCN(C(=O)c2cccc3nccnc23)C1. The summed E-state index contributed by atoms with van der Waals surface area (Å²) in [4.78, 5) is 25.8. The van der Waals surface area contributed by atoms with E-state index in [2.05, 4.69) is 29.0 Å². The Morgan fingerprint density at radius 2 is 2.05 bits per heavy atom. The predicted molar refractivity (Wildman–Crippen MR) is 86.8 cm³/mol. The summed E-state index contributed by atoms with van der Waals surface area (Å²) in [6.07, 6.45) is 6.68. The third-order valence-corrected chi connectivity index (χ3v) is 4.39. The second-order valence-electron chi connectivity index (χ2n) is 6.09. The molecule has 1 unspecified atom stereocenters. The van der Waals surface area contributed by atoms with Crippen molar-refractivity contribution in [3.05, 3.63) is 36.2 Å². The predicted octanol–water partition coefficient (Wildman–Crippen LogP) is 2.19. The van der Waals surface area contributed by atoms with Crippen molar-refractivity contribution in [3.8, 4) is 0 Å². The molecule has 1 saturated heterocycles. The summed E-state index contributed by atoms with van der Waals surface area (Å²) in [5, 5.41) is 0. The Labute approximate surface area is 131 Å². The van der Waals surface area contributed by atoms with Gasteiger partial charge >= 0.3 is 0 Å². The maximum atomic E-state index is 13.0. The molecule has 1 atom stereocenters. The van der Waals surface area contributed by atoms with Crippen molar-refractivity contribution in [2.45, 2.75) is 25.3 Å². The Balaban J connectivity index is 1.91. The lowest BCUT2D eigenvalue weighted by Crippen LogP contribution is -2.42. The van der Waals surface area contributed by atoms with Gasteiger partial charge in [-0.05, 0) is 39.1 Å². The van der Waals surface area contributed by atoms with Crippen molar-refractivity contribution in [1.82, 2.24) is 19.8 Å². The summed E-state index contributed by atoms with van der Waals surface area (Å²) in [7, 11) is 4.17. The normalized spacial score (nSPS) is 19.4. The van der Waals surface area contributed by atoms with Crippen LogP contribution in [0.2, 0.25) is 0 Å². The standard InChI is InChI=1S/C17H22N4O/c1-20(2)13-6-3-4-11-21(12-13)17(22)14-7-5-8-15-16(14)19-10-9-18-15/h5,7-10,13H,3-4,6,11-12H2,1-2H3. The van der Waals surface area contributed by atoms with Crippen LogP contribution < -0.4 is 0 Å². The summed E-state index contributed by atoms with van der Waals surface area (Å²) in [6.45, 7) is 1.60. The number of likely N-dealkylation sites (N-methyl/N-ethyl adjacent to an activating group) is 1. The number of nitrogens with zero attached hydrogens (tertiary/aromatic N) is 4. The van der Waals surface area contributed by atoms with Gasteiger partial charge in [-0.25, -0.2) is 0 Å². The number of aromatic nitrogens is 2. The molecule has 2 aromatic rings. The van der Waals surface area contributed by atoms with Gasteiger partial charge in [0.25, 0.3) is 5.91 Å². The summed E-state index contributed by atoms with van der Waals surface area (Å²) < 4.78 is 0. The molecule has 1 fully saturated rings. The number of benzene rings is 1. The lowest BCUT2D eigenvalue weighted by atomic mass is 10.1. The smallest absolute Gasteiger partial charge is 0.256 e. The summed E-state index contributed by atoms with van der Waals surface area (Å²) in [5.41, 5.74) is 2.12. The van der Waals surface area contributed by atoms with E-state index < -0.39 is 0 Å². The van der Waals surface area contributed by atoms with Crippen LogP contribution in [0.4, 0.5) is 0 Å². The second-order valence-corrected chi connectivity index (χ2v) is 6.09. The van der Waals surface area contributed by atoms with Crippen molar-refractivity contribution < 1.29 is 4.79 Å². The fourth-order valence-corrected chi connectivity index (χ4v) is 3.06. The Morgan fingerprint density at radius 3 is 2.86 bits per heavy atom. The van der Waals surface area contributed by atoms with E-state index in [4.69, 9.17) is 0 Å². The highest BCUT2D eigenvalue weighted by molar-refractivity contribution is 6.04. The monoisotopic (exact) mass is 298 g/mol. The van der Waals surface area contributed by atoms with Gasteiger partial charge in [0.05, 0.1) is 11.1 Å². The van der Waals surface area contributed by atoms with E-state index >= 15 is 0 Å². The number of carbonyl (C=O) groups is 1. The number of rotatable bonds is 2. The molecule has 1 aromatic heterocycles. The Bertz CT molecular complexity index is 665. The third kappa shape index (κ3) is 2.95. The molecule has 5 heteroatoms. The van der Waals surface area contributed by atoms with Crippen LogP contribution >= 0.6 is 0 Å². The molecule has 0 aliphatic carbocycles. The van der Waals surface area contributed by atoms with E-state index in [1.165, 1.54) is 6.42 Å². The molecule has 22 heavy (non-hydrogen) atoms.